The van der Waals surface area contributed by atoms with E-state index in [1.807, 2.05) is 12.1 Å². The van der Waals surface area contributed by atoms with Gasteiger partial charge in [0.15, 0.2) is 0 Å². The van der Waals surface area contributed by atoms with Crippen molar-refractivity contribution in [3.8, 4) is 178 Å². The number of rotatable bonds is 9. The maximum atomic E-state index is 6.08. The molecule has 0 radical (unpaired) electrons. The monoisotopic (exact) mass is 1790 g/mol. The molecule has 658 valence electrons. The number of fused-ring (bicyclic) bond motifs is 24. The highest BCUT2D eigenvalue weighted by Crippen LogP contribution is 2.58. The van der Waals surface area contributed by atoms with E-state index in [2.05, 4.69) is 498 Å². The molecule has 0 atom stereocenters. The van der Waals surface area contributed by atoms with E-state index in [1.165, 1.54) is 276 Å². The van der Waals surface area contributed by atoms with Crippen molar-refractivity contribution in [1.29, 1.82) is 0 Å². The summed E-state index contributed by atoms with van der Waals surface area (Å²) in [5, 5.41) is 15.4. The van der Waals surface area contributed by atoms with Gasteiger partial charge in [-0.15, -0.1) is 0 Å². The minimum Gasteiger partial charge on any atom is -0.456 e. The number of benzene rings is 23. The average molecular weight is 1790 g/mol. The summed E-state index contributed by atoms with van der Waals surface area (Å²) in [5.74, 6) is 0. The van der Waals surface area contributed by atoms with E-state index in [-0.39, 0.29) is 10.8 Å². The SMILES string of the molecule is CC1(C)c2ccccc2-c2ccc(-c3cc(-c4ccc5c(c4)C(C)(C)c4ccccc4-5)cc(-c4ccc5c6c(cccc46)-c4ccccc4-5)c3)cc21.c1cc(-c2ccc3c(c2)-c2ccc(-c4ccccc4-n4c5ccccc5c5ccccc54)c4cccc-3c24)cc(-n2c3ccccc3c3ccccc32)c1.c1ccc(-c2ccc3c4c(cccc24)-c2ccccc2-3)c(-c2ccc3oc4ccccc4c3c2)c1. The van der Waals surface area contributed by atoms with Gasteiger partial charge in [-0.05, 0) is 313 Å². The summed E-state index contributed by atoms with van der Waals surface area (Å²) in [4.78, 5) is 0. The number of nitrogens with zero attached hydrogens (tertiary/aromatic N) is 2. The average Bonchev–Trinajstić information content (AvgIpc) is 1.54. The molecule has 23 aromatic carbocycles. The number of aromatic nitrogens is 2. The molecule has 3 nitrogen and oxygen atoms in total. The minimum absolute atomic E-state index is 0.0599. The van der Waals surface area contributed by atoms with Crippen LogP contribution < -0.4 is 0 Å². The van der Waals surface area contributed by atoms with Crippen molar-refractivity contribution in [3.63, 3.8) is 0 Å². The zero-order valence-electron chi connectivity index (χ0n) is 78.3. The minimum atomic E-state index is -0.0599. The van der Waals surface area contributed by atoms with Crippen LogP contribution in [0.5, 0.6) is 0 Å². The van der Waals surface area contributed by atoms with Gasteiger partial charge in [0.25, 0.3) is 0 Å². The van der Waals surface area contributed by atoms with Crippen molar-refractivity contribution in [2.75, 3.05) is 0 Å². The van der Waals surface area contributed by atoms with E-state index in [1.54, 1.807) is 0 Å². The Labute approximate surface area is 817 Å². The van der Waals surface area contributed by atoms with Crippen molar-refractivity contribution in [2.24, 2.45) is 0 Å². The topological polar surface area (TPSA) is 23.0 Å². The zero-order chi connectivity index (χ0) is 93.2. The van der Waals surface area contributed by atoms with Gasteiger partial charge in [-0.1, -0.05) is 404 Å². The number of hydrogen-bond acceptors (Lipinski definition) is 1. The quantitative estimate of drug-likeness (QED) is 0.141. The van der Waals surface area contributed by atoms with Crippen LogP contribution in [0.15, 0.2) is 478 Å². The lowest BCUT2D eigenvalue weighted by atomic mass is 9.81. The molecular formula is C138H90N2O. The van der Waals surface area contributed by atoms with Crippen LogP contribution in [0.3, 0.4) is 0 Å². The molecule has 0 bridgehead atoms. The first-order valence-corrected chi connectivity index (χ1v) is 49.3. The Bertz CT molecular complexity index is 9610. The fourth-order valence-corrected chi connectivity index (χ4v) is 25.2. The lowest BCUT2D eigenvalue weighted by molar-refractivity contribution is 0.660. The number of para-hydroxylation sites is 6. The zero-order valence-corrected chi connectivity index (χ0v) is 78.3. The molecule has 0 spiro atoms. The van der Waals surface area contributed by atoms with Gasteiger partial charge >= 0.3 is 0 Å². The van der Waals surface area contributed by atoms with E-state index in [0.29, 0.717) is 0 Å². The lowest BCUT2D eigenvalue weighted by Gasteiger charge is -2.23. The lowest BCUT2D eigenvalue weighted by Crippen LogP contribution is -2.15. The third-order valence-electron chi connectivity index (χ3n) is 31.8. The highest BCUT2D eigenvalue weighted by molar-refractivity contribution is 6.23. The standard InChI is InChI=1S/C52H32N2.C52H38.C34H20O/c1-8-24-49(54-50-25-9-4-18-41(50)42-19-5-10-26-51(42)54)38(15-1)36-29-30-45-46-32-34(27-28-37(46)44-21-12-20-43(36)52(44)45)33-13-11-14-35(31-33)53-47-22-6-2-16-39(47)40-17-3-7-23-48(40)53;1-51(2)46-18-9-7-14-39(46)41-22-20-31(29-48(41)51)33-26-34(32-21-23-42-40-15-8-10-19-47(40)52(3,4)49(42)30-32)28-35(27-33)36-24-25-45-38-13-6-5-12-37(38)44-17-11-16-43(36)50(44)45;1-2-9-23(22(8-1)21-16-19-33-31(20-21)27-12-5-6-15-32(27)35-33)26-17-18-30-25-11-4-3-10-24(25)28-13-7-14-29(26)34(28)30/h1-32H;5-30H,1-4H3;1-20H. The summed E-state index contributed by atoms with van der Waals surface area (Å²) < 4.78 is 10.9. The first kappa shape index (κ1) is 80.5. The van der Waals surface area contributed by atoms with Crippen LogP contribution in [0.4, 0.5) is 0 Å². The summed E-state index contributed by atoms with van der Waals surface area (Å²) >= 11 is 0. The Morgan fingerprint density at radius 1 is 0.156 bits per heavy atom. The summed E-state index contributed by atoms with van der Waals surface area (Å²) in [6, 6.07) is 175. The Hall–Kier alpha value is -17.8. The molecule has 0 saturated heterocycles. The van der Waals surface area contributed by atoms with Crippen molar-refractivity contribution in [3.05, 3.63) is 495 Å². The first-order valence-electron chi connectivity index (χ1n) is 49.3. The van der Waals surface area contributed by atoms with Crippen LogP contribution in [0.2, 0.25) is 0 Å². The summed E-state index contributed by atoms with van der Waals surface area (Å²) in [6.07, 6.45) is 0. The summed E-state index contributed by atoms with van der Waals surface area (Å²) in [7, 11) is 0. The molecule has 0 saturated carbocycles. The second-order valence-corrected chi connectivity index (χ2v) is 39.8. The summed E-state index contributed by atoms with van der Waals surface area (Å²) in [6.45, 7) is 9.49. The number of furan rings is 1. The molecule has 5 aliphatic rings. The van der Waals surface area contributed by atoms with E-state index >= 15 is 0 Å². The molecule has 3 heteroatoms. The van der Waals surface area contributed by atoms with Crippen LogP contribution in [-0.2, 0) is 10.8 Å². The largest absolute Gasteiger partial charge is 0.456 e. The Kier molecular flexibility index (Phi) is 17.6. The van der Waals surface area contributed by atoms with Crippen LogP contribution in [0.25, 0.3) is 276 Å². The molecule has 3 aromatic heterocycles. The highest BCUT2D eigenvalue weighted by Gasteiger charge is 2.38. The van der Waals surface area contributed by atoms with E-state index in [0.717, 1.165) is 21.9 Å². The Balaban J connectivity index is 0.000000104. The molecule has 0 aliphatic heterocycles. The third kappa shape index (κ3) is 12.1. The normalized spacial score (nSPS) is 13.1. The fourth-order valence-electron chi connectivity index (χ4n) is 25.2. The molecule has 0 unspecified atom stereocenters. The Morgan fingerprint density at radius 3 is 1.00 bits per heavy atom. The highest BCUT2D eigenvalue weighted by atomic mass is 16.3. The van der Waals surface area contributed by atoms with Crippen LogP contribution in [0.1, 0.15) is 49.9 Å². The van der Waals surface area contributed by atoms with Gasteiger partial charge < -0.3 is 13.6 Å². The third-order valence-corrected chi connectivity index (χ3v) is 31.8. The molecule has 141 heavy (non-hydrogen) atoms. The van der Waals surface area contributed by atoms with Gasteiger partial charge in [0, 0.05) is 54.4 Å². The molecule has 0 amide bonds. The van der Waals surface area contributed by atoms with E-state index in [4.69, 9.17) is 4.42 Å². The fraction of sp³-hybridized carbons (Fsp3) is 0.0435. The van der Waals surface area contributed by atoms with Crippen molar-refractivity contribution < 1.29 is 4.42 Å². The predicted octanol–water partition coefficient (Wildman–Crippen LogP) is 37.8. The maximum absolute atomic E-state index is 6.08. The maximum Gasteiger partial charge on any atom is 0.135 e. The predicted molar refractivity (Wildman–Crippen MR) is 594 cm³/mol. The van der Waals surface area contributed by atoms with Gasteiger partial charge in [0.05, 0.1) is 27.8 Å². The first-order chi connectivity index (χ1) is 69.5. The van der Waals surface area contributed by atoms with Gasteiger partial charge in [0.1, 0.15) is 11.2 Å². The van der Waals surface area contributed by atoms with Crippen molar-refractivity contribution in [1.82, 2.24) is 9.13 Å². The second kappa shape index (κ2) is 30.9. The second-order valence-electron chi connectivity index (χ2n) is 39.8. The smallest absolute Gasteiger partial charge is 0.135 e. The van der Waals surface area contributed by atoms with Gasteiger partial charge in [-0.2, -0.15) is 0 Å². The molecular weight excluding hydrogens is 1700 g/mol. The molecule has 0 fully saturated rings. The van der Waals surface area contributed by atoms with Crippen molar-refractivity contribution >= 4 is 97.9 Å². The molecule has 31 rings (SSSR count). The molecule has 26 aromatic rings. The van der Waals surface area contributed by atoms with E-state index < -0.39 is 0 Å². The van der Waals surface area contributed by atoms with Crippen LogP contribution in [-0.4, -0.2) is 9.13 Å². The summed E-state index contributed by atoms with van der Waals surface area (Å²) in [5.41, 5.74) is 53.3. The van der Waals surface area contributed by atoms with Crippen molar-refractivity contribution in [2.45, 2.75) is 38.5 Å². The molecule has 3 heterocycles. The molecule has 0 N–H and O–H groups in total. The molecule has 5 aliphatic carbocycles. The van der Waals surface area contributed by atoms with Crippen LogP contribution in [0, 0.1) is 0 Å². The van der Waals surface area contributed by atoms with Gasteiger partial charge in [-0.3, -0.25) is 0 Å². The number of hydrogen-bond donors (Lipinski definition) is 0. The van der Waals surface area contributed by atoms with Crippen LogP contribution >= 0.6 is 0 Å². The Morgan fingerprint density at radius 2 is 0.475 bits per heavy atom. The van der Waals surface area contributed by atoms with Gasteiger partial charge in [-0.25, -0.2) is 0 Å². The van der Waals surface area contributed by atoms with E-state index in [9.17, 15) is 0 Å². The van der Waals surface area contributed by atoms with Gasteiger partial charge in [0.2, 0.25) is 0 Å².